The summed E-state index contributed by atoms with van der Waals surface area (Å²) in [7, 11) is 0. The van der Waals surface area contributed by atoms with Gasteiger partial charge in [-0.15, -0.1) is 10.2 Å². The number of benzene rings is 1. The predicted octanol–water partition coefficient (Wildman–Crippen LogP) is 1.86. The number of nitrogens with zero attached hydrogens (tertiary/aromatic N) is 9. The quantitative estimate of drug-likeness (QED) is 0.250. The highest BCUT2D eigenvalue weighted by molar-refractivity contribution is 5.58. The topological polar surface area (TPSA) is 141 Å². The molecule has 5 heterocycles. The van der Waals surface area contributed by atoms with Crippen LogP contribution >= 0.6 is 0 Å². The van der Waals surface area contributed by atoms with Crippen molar-refractivity contribution in [3.8, 4) is 17.1 Å². The van der Waals surface area contributed by atoms with Crippen LogP contribution in [-0.2, 0) is 4.74 Å². The van der Waals surface area contributed by atoms with Gasteiger partial charge in [-0.05, 0) is 19.1 Å². The van der Waals surface area contributed by atoms with E-state index in [1.807, 2.05) is 0 Å². The first-order chi connectivity index (χ1) is 18.7. The molecule has 1 fully saturated rings. The van der Waals surface area contributed by atoms with Gasteiger partial charge in [-0.3, -0.25) is 0 Å². The van der Waals surface area contributed by atoms with Crippen molar-refractivity contribution in [2.24, 2.45) is 0 Å². The van der Waals surface area contributed by atoms with Gasteiger partial charge in [0, 0.05) is 18.1 Å². The molecule has 0 amide bonds. The van der Waals surface area contributed by atoms with Gasteiger partial charge in [0.1, 0.15) is 29.8 Å². The molecule has 6 rings (SSSR count). The summed E-state index contributed by atoms with van der Waals surface area (Å²) in [6.45, 7) is 1.02. The van der Waals surface area contributed by atoms with Crippen molar-refractivity contribution in [1.29, 1.82) is 0 Å². The number of aliphatic hydroxyl groups is 2. The SMILES string of the molecule is Cc1nc(C2CC(n3cc(-c4cc(F)c(F)c(F)c4)nn3)C(O)C(CO)O2)n(-c2nc3ccnn3cc2F)n1. The molecule has 0 aliphatic carbocycles. The summed E-state index contributed by atoms with van der Waals surface area (Å²) < 4.78 is 65.5. The van der Waals surface area contributed by atoms with Crippen LogP contribution in [0.1, 0.15) is 30.2 Å². The molecule has 39 heavy (non-hydrogen) atoms. The number of aryl methyl sites for hydroxylation is 1. The maximum Gasteiger partial charge on any atom is 0.195 e. The van der Waals surface area contributed by atoms with Crippen LogP contribution in [-0.4, -0.2) is 73.4 Å². The first kappa shape index (κ1) is 25.0. The number of hydrogen-bond acceptors (Lipinski definition) is 9. The molecule has 0 saturated carbocycles. The smallest absolute Gasteiger partial charge is 0.195 e. The van der Waals surface area contributed by atoms with Crippen LogP contribution < -0.4 is 0 Å². The standard InChI is InChI=1S/C23H19F4N9O3/c1-10-29-23(36(32-10)22-14(26)7-35-19(30-22)2-3-28-35)17-6-16(21(38)18(9-37)39-17)34-8-15(31-33-34)11-4-12(24)20(27)13(25)5-11/h2-5,7-8,16-18,21,37-38H,6,9H2,1H3. The van der Waals surface area contributed by atoms with E-state index >= 15 is 0 Å². The Morgan fingerprint density at radius 3 is 2.59 bits per heavy atom. The normalized spacial score (nSPS) is 21.6. The number of halogens is 4. The number of ether oxygens (including phenoxy) is 1. The van der Waals surface area contributed by atoms with E-state index in [1.54, 1.807) is 13.0 Å². The summed E-state index contributed by atoms with van der Waals surface area (Å²) in [4.78, 5) is 8.67. The second kappa shape index (κ2) is 9.48. The molecule has 1 aliphatic heterocycles. The Bertz CT molecular complexity index is 1660. The third kappa shape index (κ3) is 4.31. The van der Waals surface area contributed by atoms with Gasteiger partial charge in [0.05, 0.1) is 31.2 Å². The molecule has 4 unspecified atom stereocenters. The molecule has 202 valence electrons. The monoisotopic (exact) mass is 545 g/mol. The fraction of sp³-hybridized carbons (Fsp3) is 0.304. The Hall–Kier alpha value is -4.28. The van der Waals surface area contributed by atoms with Gasteiger partial charge >= 0.3 is 0 Å². The number of aliphatic hydroxyl groups excluding tert-OH is 2. The van der Waals surface area contributed by atoms with Crippen molar-refractivity contribution in [2.45, 2.75) is 37.7 Å². The second-order valence-electron chi connectivity index (χ2n) is 8.95. The van der Waals surface area contributed by atoms with E-state index in [9.17, 15) is 27.8 Å². The summed E-state index contributed by atoms with van der Waals surface area (Å²) in [5.41, 5.74) is 0.310. The zero-order chi connectivity index (χ0) is 27.4. The lowest BCUT2D eigenvalue weighted by Crippen LogP contribution is -2.45. The van der Waals surface area contributed by atoms with Crippen LogP contribution in [0.3, 0.4) is 0 Å². The van der Waals surface area contributed by atoms with Crippen molar-refractivity contribution >= 4 is 5.65 Å². The van der Waals surface area contributed by atoms with Crippen LogP contribution in [0.5, 0.6) is 0 Å². The molecule has 5 aromatic rings. The predicted molar refractivity (Wildman–Crippen MR) is 122 cm³/mol. The van der Waals surface area contributed by atoms with Crippen LogP contribution in [0.2, 0.25) is 0 Å². The van der Waals surface area contributed by atoms with E-state index in [1.165, 1.54) is 26.3 Å². The summed E-state index contributed by atoms with van der Waals surface area (Å²) in [6.07, 6.45) is 0.625. The van der Waals surface area contributed by atoms with E-state index < -0.39 is 54.2 Å². The lowest BCUT2D eigenvalue weighted by molar-refractivity contribution is -0.161. The zero-order valence-corrected chi connectivity index (χ0v) is 20.0. The fourth-order valence-electron chi connectivity index (χ4n) is 4.58. The molecule has 1 aliphatic rings. The fourth-order valence-corrected chi connectivity index (χ4v) is 4.58. The number of aromatic nitrogens is 9. The minimum absolute atomic E-state index is 0.0152. The molecule has 16 heteroatoms. The summed E-state index contributed by atoms with van der Waals surface area (Å²) in [6, 6.07) is 2.27. The van der Waals surface area contributed by atoms with E-state index in [0.717, 1.165) is 18.3 Å². The van der Waals surface area contributed by atoms with Crippen LogP contribution in [0.25, 0.3) is 22.7 Å². The van der Waals surface area contributed by atoms with Crippen molar-refractivity contribution in [3.05, 3.63) is 71.7 Å². The highest BCUT2D eigenvalue weighted by Gasteiger charge is 2.42. The molecule has 1 aromatic carbocycles. The van der Waals surface area contributed by atoms with Gasteiger partial charge in [-0.25, -0.2) is 36.7 Å². The Morgan fingerprint density at radius 2 is 1.85 bits per heavy atom. The van der Waals surface area contributed by atoms with Crippen molar-refractivity contribution in [3.63, 3.8) is 0 Å². The third-order valence-electron chi connectivity index (χ3n) is 6.43. The van der Waals surface area contributed by atoms with E-state index in [2.05, 4.69) is 30.5 Å². The van der Waals surface area contributed by atoms with Gasteiger partial charge in [0.15, 0.2) is 40.6 Å². The highest BCUT2D eigenvalue weighted by Crippen LogP contribution is 2.38. The van der Waals surface area contributed by atoms with E-state index in [4.69, 9.17) is 4.74 Å². The lowest BCUT2D eigenvalue weighted by atomic mass is 9.95. The minimum Gasteiger partial charge on any atom is -0.394 e. The van der Waals surface area contributed by atoms with Crippen molar-refractivity contribution in [1.82, 2.24) is 44.4 Å². The maximum atomic E-state index is 15.0. The number of rotatable bonds is 5. The van der Waals surface area contributed by atoms with Crippen LogP contribution in [0, 0.1) is 30.2 Å². The van der Waals surface area contributed by atoms with Gasteiger partial charge in [-0.1, -0.05) is 5.21 Å². The van der Waals surface area contributed by atoms with Gasteiger partial charge < -0.3 is 14.9 Å². The molecular formula is C23H19F4N9O3. The van der Waals surface area contributed by atoms with E-state index in [-0.39, 0.29) is 35.1 Å². The zero-order valence-electron chi connectivity index (χ0n) is 20.0. The summed E-state index contributed by atoms with van der Waals surface area (Å²) >= 11 is 0. The molecule has 4 aromatic heterocycles. The van der Waals surface area contributed by atoms with Crippen LogP contribution in [0.4, 0.5) is 17.6 Å². The Morgan fingerprint density at radius 1 is 1.08 bits per heavy atom. The number of hydrogen-bond donors (Lipinski definition) is 2. The minimum atomic E-state index is -1.61. The third-order valence-corrected chi connectivity index (χ3v) is 6.43. The average molecular weight is 545 g/mol. The Kier molecular flexibility index (Phi) is 6.08. The molecule has 0 bridgehead atoms. The van der Waals surface area contributed by atoms with Gasteiger partial charge in [0.25, 0.3) is 0 Å². The molecule has 12 nitrogen and oxygen atoms in total. The highest BCUT2D eigenvalue weighted by atomic mass is 19.2. The summed E-state index contributed by atoms with van der Waals surface area (Å²) in [5, 5.41) is 36.9. The lowest BCUT2D eigenvalue weighted by Gasteiger charge is -2.38. The molecule has 1 saturated heterocycles. The van der Waals surface area contributed by atoms with E-state index in [0.29, 0.717) is 5.65 Å². The first-order valence-corrected chi connectivity index (χ1v) is 11.7. The molecule has 2 N–H and O–H groups in total. The largest absolute Gasteiger partial charge is 0.394 e. The Labute approximate surface area is 216 Å². The molecule has 0 spiro atoms. The van der Waals surface area contributed by atoms with Crippen molar-refractivity contribution in [2.75, 3.05) is 6.61 Å². The van der Waals surface area contributed by atoms with Crippen molar-refractivity contribution < 1.29 is 32.5 Å². The number of fused-ring (bicyclic) bond motifs is 1. The first-order valence-electron chi connectivity index (χ1n) is 11.7. The van der Waals surface area contributed by atoms with Crippen LogP contribution in [0.15, 0.2) is 36.8 Å². The Balaban J connectivity index is 1.37. The molecular weight excluding hydrogens is 526 g/mol. The molecule has 4 atom stereocenters. The maximum absolute atomic E-state index is 15.0. The second-order valence-corrected chi connectivity index (χ2v) is 8.95. The summed E-state index contributed by atoms with van der Waals surface area (Å²) in [5.74, 6) is -4.85. The van der Waals surface area contributed by atoms with Gasteiger partial charge in [0.2, 0.25) is 0 Å². The molecule has 0 radical (unpaired) electrons. The van der Waals surface area contributed by atoms with Gasteiger partial charge in [-0.2, -0.15) is 9.78 Å². The average Bonchev–Trinajstić information content (AvgIpc) is 3.66.